The molecule has 1 rings (SSSR count). The van der Waals surface area contributed by atoms with Crippen molar-refractivity contribution in [2.75, 3.05) is 13.1 Å². The smallest absolute Gasteiger partial charge is 0.324 e. The van der Waals surface area contributed by atoms with Crippen molar-refractivity contribution in [3.63, 3.8) is 0 Å². The molecule has 1 aromatic carbocycles. The molecule has 7 heteroatoms. The normalized spacial score (nSPS) is 10.5. The van der Waals surface area contributed by atoms with Crippen molar-refractivity contribution in [1.29, 1.82) is 0 Å². The lowest BCUT2D eigenvalue weighted by molar-refractivity contribution is -0.141. The molecule has 0 amide bonds. The van der Waals surface area contributed by atoms with Gasteiger partial charge in [0.1, 0.15) is 13.1 Å². The second kappa shape index (κ2) is 6.61. The molecule has 2 N–H and O–H groups in total. The molecule has 0 aromatic heterocycles. The Bertz CT molecular complexity index is 460. The largest absolute Gasteiger partial charge is 0.480 e. The molecule has 6 nitrogen and oxygen atoms in total. The summed E-state index contributed by atoms with van der Waals surface area (Å²) < 4.78 is 0. The van der Waals surface area contributed by atoms with E-state index in [1.54, 1.807) is 24.3 Å². The van der Waals surface area contributed by atoms with Crippen molar-refractivity contribution >= 4 is 29.8 Å². The first-order valence-corrected chi connectivity index (χ1v) is 5.34. The zero-order valence-corrected chi connectivity index (χ0v) is 10.0. The molecular weight excluding hydrogens is 260 g/mol. The fourth-order valence-corrected chi connectivity index (χ4v) is 1.36. The molecule has 0 radical (unpaired) electrons. The van der Waals surface area contributed by atoms with Gasteiger partial charge in [0.2, 0.25) is 0 Å². The lowest BCUT2D eigenvalue weighted by Gasteiger charge is -2.13. The molecule has 0 heterocycles. The quantitative estimate of drug-likeness (QED) is 0.598. The Morgan fingerprint density at radius 3 is 2.28 bits per heavy atom. The molecule has 0 aliphatic heterocycles. The Morgan fingerprint density at radius 2 is 1.78 bits per heavy atom. The minimum absolute atomic E-state index is 0.451. The Labute approximate surface area is 108 Å². The molecule has 0 atom stereocenters. The summed E-state index contributed by atoms with van der Waals surface area (Å²) in [5.74, 6) is -2.32. The minimum atomic E-state index is -1.16. The van der Waals surface area contributed by atoms with Crippen LogP contribution >= 0.6 is 11.6 Å². The first kappa shape index (κ1) is 14.0. The highest BCUT2D eigenvalue weighted by atomic mass is 35.5. The standard InChI is InChI=1S/C11H11ClN2O4/c12-9-4-2-1-3-8(9)5-13-14(6-10(15)16)7-11(17)18/h1-5H,6-7H2,(H,15,16)(H,17,18)/b13-5-. The van der Waals surface area contributed by atoms with Crippen LogP contribution in [0.25, 0.3) is 0 Å². The molecule has 18 heavy (non-hydrogen) atoms. The zero-order valence-electron chi connectivity index (χ0n) is 9.28. The van der Waals surface area contributed by atoms with Crippen LogP contribution in [0.4, 0.5) is 0 Å². The Morgan fingerprint density at radius 1 is 1.22 bits per heavy atom. The van der Waals surface area contributed by atoms with E-state index in [-0.39, 0.29) is 0 Å². The van der Waals surface area contributed by atoms with Gasteiger partial charge in [0.05, 0.1) is 6.21 Å². The van der Waals surface area contributed by atoms with Crippen LogP contribution in [-0.4, -0.2) is 46.5 Å². The van der Waals surface area contributed by atoms with Gasteiger partial charge in [-0.05, 0) is 6.07 Å². The summed E-state index contributed by atoms with van der Waals surface area (Å²) in [5, 5.41) is 22.4. The van der Waals surface area contributed by atoms with Gasteiger partial charge in [0.15, 0.2) is 0 Å². The van der Waals surface area contributed by atoms with E-state index in [9.17, 15) is 9.59 Å². The summed E-state index contributed by atoms with van der Waals surface area (Å²) in [6.07, 6.45) is 1.33. The van der Waals surface area contributed by atoms with E-state index < -0.39 is 25.0 Å². The highest BCUT2D eigenvalue weighted by molar-refractivity contribution is 6.33. The summed E-state index contributed by atoms with van der Waals surface area (Å²) in [7, 11) is 0. The van der Waals surface area contributed by atoms with Gasteiger partial charge in [-0.1, -0.05) is 29.8 Å². The molecule has 0 saturated carbocycles. The van der Waals surface area contributed by atoms with Gasteiger partial charge in [-0.2, -0.15) is 5.10 Å². The van der Waals surface area contributed by atoms with Crippen molar-refractivity contribution in [1.82, 2.24) is 5.01 Å². The van der Waals surface area contributed by atoms with Gasteiger partial charge in [-0.3, -0.25) is 14.6 Å². The Hall–Kier alpha value is -2.08. The summed E-state index contributed by atoms with van der Waals surface area (Å²) in [5.41, 5.74) is 0.583. The van der Waals surface area contributed by atoms with Crippen molar-refractivity contribution in [2.45, 2.75) is 0 Å². The van der Waals surface area contributed by atoms with Gasteiger partial charge in [-0.25, -0.2) is 0 Å². The molecule has 1 aromatic rings. The molecule has 0 fully saturated rings. The maximum Gasteiger partial charge on any atom is 0.324 e. The van der Waals surface area contributed by atoms with Crippen LogP contribution in [0.2, 0.25) is 5.02 Å². The zero-order chi connectivity index (χ0) is 13.5. The number of hydrogen-bond acceptors (Lipinski definition) is 4. The van der Waals surface area contributed by atoms with E-state index in [1.807, 2.05) is 0 Å². The van der Waals surface area contributed by atoms with Crippen molar-refractivity contribution in [2.24, 2.45) is 5.10 Å². The van der Waals surface area contributed by atoms with Crippen LogP contribution in [0.1, 0.15) is 5.56 Å². The van der Waals surface area contributed by atoms with Crippen molar-refractivity contribution < 1.29 is 19.8 Å². The molecule has 0 saturated heterocycles. The number of benzene rings is 1. The van der Waals surface area contributed by atoms with Gasteiger partial charge in [0, 0.05) is 10.6 Å². The first-order valence-electron chi connectivity index (χ1n) is 4.96. The second-order valence-corrected chi connectivity index (χ2v) is 3.78. The van der Waals surface area contributed by atoms with E-state index in [0.29, 0.717) is 10.6 Å². The first-order chi connectivity index (χ1) is 8.49. The Kier molecular flexibility index (Phi) is 5.13. The van der Waals surface area contributed by atoms with Crippen LogP contribution in [0.3, 0.4) is 0 Å². The number of hydrazone groups is 1. The third kappa shape index (κ3) is 4.84. The number of nitrogens with zero attached hydrogens (tertiary/aromatic N) is 2. The average Bonchev–Trinajstić information content (AvgIpc) is 2.26. The topological polar surface area (TPSA) is 90.2 Å². The summed E-state index contributed by atoms with van der Waals surface area (Å²) in [4.78, 5) is 21.1. The molecule has 0 spiro atoms. The summed E-state index contributed by atoms with van der Waals surface area (Å²) >= 11 is 5.88. The van der Waals surface area contributed by atoms with Gasteiger partial charge in [-0.15, -0.1) is 0 Å². The predicted molar refractivity (Wildman–Crippen MR) is 65.9 cm³/mol. The highest BCUT2D eigenvalue weighted by Gasteiger charge is 2.10. The third-order valence-electron chi connectivity index (χ3n) is 1.90. The van der Waals surface area contributed by atoms with E-state index in [1.165, 1.54) is 6.21 Å². The number of aliphatic carboxylic acids is 2. The van der Waals surface area contributed by atoms with Crippen LogP contribution in [0, 0.1) is 0 Å². The van der Waals surface area contributed by atoms with Gasteiger partial charge >= 0.3 is 11.9 Å². The van der Waals surface area contributed by atoms with Crippen LogP contribution < -0.4 is 0 Å². The second-order valence-electron chi connectivity index (χ2n) is 3.38. The molecule has 0 unspecified atom stereocenters. The van der Waals surface area contributed by atoms with Crippen LogP contribution in [-0.2, 0) is 9.59 Å². The summed E-state index contributed by atoms with van der Waals surface area (Å²) in [6.45, 7) is -0.986. The molecule has 96 valence electrons. The van der Waals surface area contributed by atoms with Crippen LogP contribution in [0.5, 0.6) is 0 Å². The van der Waals surface area contributed by atoms with E-state index >= 15 is 0 Å². The minimum Gasteiger partial charge on any atom is -0.480 e. The lowest BCUT2D eigenvalue weighted by atomic mass is 10.2. The Balaban J connectivity index is 2.79. The van der Waals surface area contributed by atoms with Crippen molar-refractivity contribution in [3.05, 3.63) is 34.9 Å². The molecule has 0 aliphatic rings. The lowest BCUT2D eigenvalue weighted by Crippen LogP contribution is -2.30. The van der Waals surface area contributed by atoms with Crippen LogP contribution in [0.15, 0.2) is 29.4 Å². The summed E-state index contributed by atoms with van der Waals surface area (Å²) in [6, 6.07) is 6.82. The van der Waals surface area contributed by atoms with E-state index in [4.69, 9.17) is 21.8 Å². The SMILES string of the molecule is O=C(O)CN(CC(=O)O)/N=C\c1ccccc1Cl. The number of rotatable bonds is 6. The fraction of sp³-hybridized carbons (Fsp3) is 0.182. The fourth-order valence-electron chi connectivity index (χ4n) is 1.17. The van der Waals surface area contributed by atoms with Crippen molar-refractivity contribution in [3.8, 4) is 0 Å². The predicted octanol–water partition coefficient (Wildman–Crippen LogP) is 1.15. The number of carboxylic acid groups (broad SMARTS) is 2. The van der Waals surface area contributed by atoms with E-state index in [2.05, 4.69) is 5.10 Å². The number of hydrogen-bond donors (Lipinski definition) is 2. The maximum atomic E-state index is 10.5. The number of halogens is 1. The maximum absolute atomic E-state index is 10.5. The average molecular weight is 271 g/mol. The van der Waals surface area contributed by atoms with Gasteiger partial charge in [0.25, 0.3) is 0 Å². The molecular formula is C11H11ClN2O4. The molecule has 0 bridgehead atoms. The number of carbonyl (C=O) groups is 2. The number of carboxylic acids is 2. The molecule has 0 aliphatic carbocycles. The highest BCUT2D eigenvalue weighted by Crippen LogP contribution is 2.12. The van der Waals surface area contributed by atoms with Gasteiger partial charge < -0.3 is 10.2 Å². The third-order valence-corrected chi connectivity index (χ3v) is 2.25. The van der Waals surface area contributed by atoms with E-state index in [0.717, 1.165) is 5.01 Å². The monoisotopic (exact) mass is 270 g/mol.